The van der Waals surface area contributed by atoms with E-state index in [0.29, 0.717) is 10.9 Å². The lowest BCUT2D eigenvalue weighted by Crippen LogP contribution is -2.46. The number of piperidine rings is 1. The molecule has 8 heteroatoms. The van der Waals surface area contributed by atoms with E-state index in [1.807, 2.05) is 4.90 Å². The van der Waals surface area contributed by atoms with Crippen LogP contribution < -0.4 is 11.2 Å². The number of amides is 1. The van der Waals surface area contributed by atoms with Crippen LogP contribution in [0.3, 0.4) is 0 Å². The van der Waals surface area contributed by atoms with Crippen molar-refractivity contribution in [2.24, 2.45) is 7.05 Å². The number of nitrogens with zero attached hydrogens (tertiary/aromatic N) is 4. The molecule has 1 N–H and O–H groups in total. The third-order valence-corrected chi connectivity index (χ3v) is 5.29. The molecular formula is C20H28N4O4. The molecule has 1 atom stereocenters. The van der Waals surface area contributed by atoms with E-state index in [1.54, 1.807) is 43.3 Å². The van der Waals surface area contributed by atoms with E-state index in [9.17, 15) is 19.5 Å². The van der Waals surface area contributed by atoms with Crippen LogP contribution in [-0.2, 0) is 18.4 Å². The number of aliphatic hydroxyl groups excluding tert-OH is 1. The van der Waals surface area contributed by atoms with Gasteiger partial charge in [0.05, 0.1) is 30.1 Å². The van der Waals surface area contributed by atoms with Crippen molar-refractivity contribution in [2.45, 2.75) is 31.9 Å². The Morgan fingerprint density at radius 1 is 1.18 bits per heavy atom. The van der Waals surface area contributed by atoms with Gasteiger partial charge >= 0.3 is 5.69 Å². The summed E-state index contributed by atoms with van der Waals surface area (Å²) in [6.45, 7) is 1.87. The topological polar surface area (TPSA) is 87.8 Å². The lowest BCUT2D eigenvalue weighted by atomic mass is 10.1. The molecule has 28 heavy (non-hydrogen) atoms. The molecule has 0 saturated carbocycles. The number of hydrogen-bond acceptors (Lipinski definition) is 5. The first-order valence-electron chi connectivity index (χ1n) is 9.71. The highest BCUT2D eigenvalue weighted by molar-refractivity contribution is 5.78. The number of carbonyl (C=O) groups excluding carboxylic acids is 1. The monoisotopic (exact) mass is 388 g/mol. The third-order valence-electron chi connectivity index (χ3n) is 5.29. The van der Waals surface area contributed by atoms with Gasteiger partial charge < -0.3 is 10.0 Å². The molecule has 1 aromatic heterocycles. The number of hydrogen-bond donors (Lipinski definition) is 1. The number of para-hydroxylation sites is 1. The molecule has 0 radical (unpaired) electrons. The fourth-order valence-electron chi connectivity index (χ4n) is 3.79. The zero-order chi connectivity index (χ0) is 20.3. The number of aliphatic hydroxyl groups is 1. The fraction of sp³-hybridized carbons (Fsp3) is 0.550. The van der Waals surface area contributed by atoms with Crippen LogP contribution in [0, 0.1) is 0 Å². The fourth-order valence-corrected chi connectivity index (χ4v) is 3.79. The number of fused-ring (bicyclic) bond motifs is 1. The second kappa shape index (κ2) is 8.70. The summed E-state index contributed by atoms with van der Waals surface area (Å²) in [6.07, 6.45) is 2.29. The molecule has 1 unspecified atom stereocenters. The summed E-state index contributed by atoms with van der Waals surface area (Å²) >= 11 is 0. The van der Waals surface area contributed by atoms with Crippen molar-refractivity contribution >= 4 is 16.8 Å². The Balaban J connectivity index is 1.67. The van der Waals surface area contributed by atoms with Gasteiger partial charge in [-0.05, 0) is 38.4 Å². The lowest BCUT2D eigenvalue weighted by molar-refractivity contribution is -0.133. The smallest absolute Gasteiger partial charge is 0.331 e. The molecule has 1 amide bonds. The third kappa shape index (κ3) is 4.34. The summed E-state index contributed by atoms with van der Waals surface area (Å²) < 4.78 is 2.47. The lowest BCUT2D eigenvalue weighted by Gasteiger charge is -2.29. The molecule has 2 aromatic rings. The van der Waals surface area contributed by atoms with Gasteiger partial charge in [-0.3, -0.25) is 23.6 Å². The molecular weight excluding hydrogens is 360 g/mol. The molecule has 0 bridgehead atoms. The van der Waals surface area contributed by atoms with Gasteiger partial charge in [-0.25, -0.2) is 4.79 Å². The predicted molar refractivity (Wildman–Crippen MR) is 107 cm³/mol. The minimum absolute atomic E-state index is 0.0492. The van der Waals surface area contributed by atoms with Gasteiger partial charge in [-0.15, -0.1) is 0 Å². The first-order chi connectivity index (χ1) is 13.4. The van der Waals surface area contributed by atoms with Crippen molar-refractivity contribution in [3.8, 4) is 0 Å². The molecule has 0 aliphatic carbocycles. The first-order valence-corrected chi connectivity index (χ1v) is 9.71. The van der Waals surface area contributed by atoms with E-state index in [1.165, 1.54) is 4.57 Å². The molecule has 1 aliphatic rings. The van der Waals surface area contributed by atoms with Gasteiger partial charge in [-0.1, -0.05) is 12.1 Å². The Hall–Kier alpha value is -2.45. The van der Waals surface area contributed by atoms with E-state index in [4.69, 9.17) is 0 Å². The van der Waals surface area contributed by atoms with Crippen molar-refractivity contribution < 1.29 is 9.90 Å². The van der Waals surface area contributed by atoms with Gasteiger partial charge in [0, 0.05) is 26.7 Å². The highest BCUT2D eigenvalue weighted by Crippen LogP contribution is 2.09. The number of likely N-dealkylation sites (N-methyl/N-ethyl adjacent to an activating group) is 1. The first kappa shape index (κ1) is 20.3. The Morgan fingerprint density at radius 2 is 1.86 bits per heavy atom. The Labute approximate surface area is 163 Å². The largest absolute Gasteiger partial charge is 0.390 e. The minimum Gasteiger partial charge on any atom is -0.390 e. The van der Waals surface area contributed by atoms with Crippen LogP contribution in [0.1, 0.15) is 19.3 Å². The normalized spacial score (nSPS) is 15.9. The molecule has 1 fully saturated rings. The minimum atomic E-state index is -0.939. The molecule has 2 heterocycles. The second-order valence-corrected chi connectivity index (χ2v) is 7.57. The average molecular weight is 388 g/mol. The van der Waals surface area contributed by atoms with E-state index in [-0.39, 0.29) is 25.5 Å². The summed E-state index contributed by atoms with van der Waals surface area (Å²) in [5, 5.41) is 10.9. The molecule has 0 spiro atoms. The zero-order valence-corrected chi connectivity index (χ0v) is 16.5. The van der Waals surface area contributed by atoms with Gasteiger partial charge in [0.1, 0.15) is 0 Å². The molecule has 1 saturated heterocycles. The average Bonchev–Trinajstić information content (AvgIpc) is 2.70. The van der Waals surface area contributed by atoms with Crippen LogP contribution in [0.4, 0.5) is 0 Å². The van der Waals surface area contributed by atoms with Crippen molar-refractivity contribution in [3.05, 3.63) is 45.1 Å². The van der Waals surface area contributed by atoms with Crippen molar-refractivity contribution in [3.63, 3.8) is 0 Å². The van der Waals surface area contributed by atoms with Crippen molar-refractivity contribution in [1.29, 1.82) is 0 Å². The Bertz CT molecular complexity index is 959. The van der Waals surface area contributed by atoms with Crippen LogP contribution >= 0.6 is 0 Å². The zero-order valence-electron chi connectivity index (χ0n) is 16.5. The van der Waals surface area contributed by atoms with Crippen molar-refractivity contribution in [1.82, 2.24) is 18.9 Å². The maximum atomic E-state index is 12.7. The van der Waals surface area contributed by atoms with E-state index in [2.05, 4.69) is 0 Å². The van der Waals surface area contributed by atoms with Gasteiger partial charge in [0.15, 0.2) is 0 Å². The van der Waals surface area contributed by atoms with Crippen molar-refractivity contribution in [2.75, 3.05) is 33.2 Å². The highest BCUT2D eigenvalue weighted by atomic mass is 16.3. The van der Waals surface area contributed by atoms with E-state index >= 15 is 0 Å². The van der Waals surface area contributed by atoms with Crippen LogP contribution in [-0.4, -0.2) is 69.3 Å². The summed E-state index contributed by atoms with van der Waals surface area (Å²) in [4.78, 5) is 41.2. The van der Waals surface area contributed by atoms with Gasteiger partial charge in [-0.2, -0.15) is 0 Å². The Kier molecular flexibility index (Phi) is 6.31. The summed E-state index contributed by atoms with van der Waals surface area (Å²) in [5.41, 5.74) is -0.313. The SMILES string of the molecule is CN(CC(=O)N1CCCCC1)CC(O)Cn1c(=O)c2ccccc2n(C)c1=O. The number of benzene rings is 1. The van der Waals surface area contributed by atoms with E-state index < -0.39 is 17.4 Å². The van der Waals surface area contributed by atoms with Gasteiger partial charge in [0.25, 0.3) is 5.56 Å². The van der Waals surface area contributed by atoms with Crippen LogP contribution in [0.25, 0.3) is 10.9 Å². The predicted octanol–water partition coefficient (Wildman–Crippen LogP) is 0.00540. The Morgan fingerprint density at radius 3 is 2.57 bits per heavy atom. The number of carbonyl (C=O) groups is 1. The number of rotatable bonds is 6. The van der Waals surface area contributed by atoms with Crippen LogP contribution in [0.15, 0.2) is 33.9 Å². The summed E-state index contributed by atoms with van der Waals surface area (Å²) in [5.74, 6) is 0.0492. The number of aromatic nitrogens is 2. The summed E-state index contributed by atoms with van der Waals surface area (Å²) in [6, 6.07) is 6.91. The van der Waals surface area contributed by atoms with E-state index in [0.717, 1.165) is 36.9 Å². The molecule has 8 nitrogen and oxygen atoms in total. The quantitative estimate of drug-likeness (QED) is 0.753. The molecule has 1 aromatic carbocycles. The molecule has 152 valence electrons. The maximum absolute atomic E-state index is 12.7. The highest BCUT2D eigenvalue weighted by Gasteiger charge is 2.20. The van der Waals surface area contributed by atoms with Gasteiger partial charge in [0.2, 0.25) is 5.91 Å². The van der Waals surface area contributed by atoms with Crippen LogP contribution in [0.5, 0.6) is 0 Å². The standard InChI is InChI=1S/C20H28N4O4/c1-21(14-18(26)23-10-6-3-7-11-23)12-15(25)13-24-19(27)16-8-4-5-9-17(16)22(2)20(24)28/h4-5,8-9,15,25H,3,6-7,10-14H2,1-2H3. The number of aryl methyl sites for hydroxylation is 1. The molecule has 1 aliphatic heterocycles. The number of likely N-dealkylation sites (tertiary alicyclic amines) is 1. The maximum Gasteiger partial charge on any atom is 0.331 e. The van der Waals surface area contributed by atoms with Crippen LogP contribution in [0.2, 0.25) is 0 Å². The molecule has 3 rings (SSSR count). The summed E-state index contributed by atoms with van der Waals surface area (Å²) in [7, 11) is 3.36. The second-order valence-electron chi connectivity index (χ2n) is 7.57.